The summed E-state index contributed by atoms with van der Waals surface area (Å²) in [5, 5.41) is 12.3. The van der Waals surface area contributed by atoms with Gasteiger partial charge in [0.2, 0.25) is 0 Å². The highest BCUT2D eigenvalue weighted by molar-refractivity contribution is 6.33. The van der Waals surface area contributed by atoms with E-state index in [0.717, 1.165) is 25.0 Å². The Morgan fingerprint density at radius 3 is 3.11 bits per heavy atom. The van der Waals surface area contributed by atoms with Crippen molar-refractivity contribution >= 4 is 17.3 Å². The maximum absolute atomic E-state index is 5.92. The molecule has 2 N–H and O–H groups in total. The van der Waals surface area contributed by atoms with Crippen molar-refractivity contribution in [1.82, 2.24) is 20.2 Å². The lowest BCUT2D eigenvalue weighted by Crippen LogP contribution is -2.17. The lowest BCUT2D eigenvalue weighted by molar-refractivity contribution is 0.0939. The first-order chi connectivity index (χ1) is 9.24. The lowest BCUT2D eigenvalue weighted by Gasteiger charge is -2.10. The van der Waals surface area contributed by atoms with Crippen molar-refractivity contribution in [2.75, 3.05) is 12.3 Å². The number of nitrogen functional groups attached to an aromatic ring is 1. The van der Waals surface area contributed by atoms with Crippen LogP contribution in [0.25, 0.3) is 11.4 Å². The van der Waals surface area contributed by atoms with Gasteiger partial charge >= 0.3 is 0 Å². The van der Waals surface area contributed by atoms with E-state index in [9.17, 15) is 0 Å². The van der Waals surface area contributed by atoms with Crippen molar-refractivity contribution < 1.29 is 4.74 Å². The second-order valence-electron chi connectivity index (χ2n) is 4.56. The van der Waals surface area contributed by atoms with Gasteiger partial charge in [0.05, 0.1) is 23.4 Å². The first-order valence-electron chi connectivity index (χ1n) is 6.17. The van der Waals surface area contributed by atoms with E-state index < -0.39 is 0 Å². The third-order valence-electron chi connectivity index (χ3n) is 3.19. The summed E-state index contributed by atoms with van der Waals surface area (Å²) in [7, 11) is 0. The van der Waals surface area contributed by atoms with Crippen molar-refractivity contribution in [2.45, 2.75) is 25.5 Å². The maximum Gasteiger partial charge on any atom is 0.182 e. The number of halogens is 1. The fourth-order valence-electron chi connectivity index (χ4n) is 2.20. The Kier molecular flexibility index (Phi) is 3.35. The van der Waals surface area contributed by atoms with Gasteiger partial charge in [0.15, 0.2) is 5.82 Å². The Balaban J connectivity index is 1.87. The minimum atomic E-state index is 0.187. The lowest BCUT2D eigenvalue weighted by atomic mass is 10.2. The highest BCUT2D eigenvalue weighted by Gasteiger charge is 2.19. The summed E-state index contributed by atoms with van der Waals surface area (Å²) in [4.78, 5) is 0. The zero-order valence-electron chi connectivity index (χ0n) is 10.3. The molecule has 2 aromatic rings. The van der Waals surface area contributed by atoms with Crippen molar-refractivity contribution in [3.05, 3.63) is 23.2 Å². The number of aromatic nitrogens is 4. The molecule has 7 heteroatoms. The normalized spacial score (nSPS) is 18.9. The van der Waals surface area contributed by atoms with Crippen molar-refractivity contribution in [2.24, 2.45) is 0 Å². The van der Waals surface area contributed by atoms with Gasteiger partial charge in [-0.15, -0.1) is 5.10 Å². The van der Waals surface area contributed by atoms with E-state index in [1.54, 1.807) is 16.8 Å². The van der Waals surface area contributed by atoms with Crippen molar-refractivity contribution in [3.8, 4) is 11.4 Å². The number of tetrazole rings is 1. The van der Waals surface area contributed by atoms with Gasteiger partial charge < -0.3 is 10.5 Å². The average Bonchev–Trinajstić information content (AvgIpc) is 3.05. The summed E-state index contributed by atoms with van der Waals surface area (Å²) < 4.78 is 7.35. The Hall–Kier alpha value is -1.66. The van der Waals surface area contributed by atoms with E-state index in [0.29, 0.717) is 23.1 Å². The molecule has 0 aliphatic carbocycles. The molecule has 0 radical (unpaired) electrons. The number of rotatable bonds is 3. The third kappa shape index (κ3) is 2.54. The summed E-state index contributed by atoms with van der Waals surface area (Å²) in [5.41, 5.74) is 7.18. The SMILES string of the molecule is Nc1cc(-c2nnnn2CC2CCCO2)ccc1Cl. The number of hydrogen-bond donors (Lipinski definition) is 1. The molecule has 1 unspecified atom stereocenters. The molecule has 1 aliphatic heterocycles. The summed E-state index contributed by atoms with van der Waals surface area (Å²) in [6.07, 6.45) is 2.32. The molecule has 0 saturated carbocycles. The molecule has 1 aromatic heterocycles. The van der Waals surface area contributed by atoms with Crippen LogP contribution in [0, 0.1) is 0 Å². The standard InChI is InChI=1S/C12H14ClN5O/c13-10-4-3-8(6-11(10)14)12-15-16-17-18(12)7-9-2-1-5-19-9/h3-4,6,9H,1-2,5,7,14H2. The second-order valence-corrected chi connectivity index (χ2v) is 4.96. The summed E-state index contributed by atoms with van der Waals surface area (Å²) in [6.45, 7) is 1.47. The highest BCUT2D eigenvalue weighted by Crippen LogP contribution is 2.25. The molecule has 1 saturated heterocycles. The molecule has 2 heterocycles. The maximum atomic E-state index is 5.92. The van der Waals surface area contributed by atoms with Gasteiger partial charge in [-0.2, -0.15) is 0 Å². The monoisotopic (exact) mass is 279 g/mol. The van der Waals surface area contributed by atoms with Crippen LogP contribution in [0.15, 0.2) is 18.2 Å². The Morgan fingerprint density at radius 2 is 2.37 bits per heavy atom. The Labute approximate surface area is 115 Å². The van der Waals surface area contributed by atoms with Gasteiger partial charge in [0.1, 0.15) is 0 Å². The molecule has 1 atom stereocenters. The average molecular weight is 280 g/mol. The summed E-state index contributed by atoms with van der Waals surface area (Å²) >= 11 is 5.92. The molecule has 1 fully saturated rings. The van der Waals surface area contributed by atoms with Crippen LogP contribution in [0.3, 0.4) is 0 Å². The molecular formula is C12H14ClN5O. The molecule has 1 aliphatic rings. The van der Waals surface area contributed by atoms with Gasteiger partial charge in [-0.3, -0.25) is 0 Å². The quantitative estimate of drug-likeness (QED) is 0.866. The number of benzene rings is 1. The smallest absolute Gasteiger partial charge is 0.182 e. The Morgan fingerprint density at radius 1 is 1.47 bits per heavy atom. The summed E-state index contributed by atoms with van der Waals surface area (Å²) in [5.74, 6) is 0.680. The minimum Gasteiger partial charge on any atom is -0.398 e. The predicted molar refractivity (Wildman–Crippen MR) is 71.6 cm³/mol. The van der Waals surface area contributed by atoms with Crippen LogP contribution in [0.1, 0.15) is 12.8 Å². The fraction of sp³-hybridized carbons (Fsp3) is 0.417. The van der Waals surface area contributed by atoms with Crippen LogP contribution in [0.2, 0.25) is 5.02 Å². The van der Waals surface area contributed by atoms with Crippen molar-refractivity contribution in [1.29, 1.82) is 0 Å². The van der Waals surface area contributed by atoms with Crippen LogP contribution in [0.5, 0.6) is 0 Å². The molecule has 100 valence electrons. The molecular weight excluding hydrogens is 266 g/mol. The molecule has 19 heavy (non-hydrogen) atoms. The second kappa shape index (κ2) is 5.14. The molecule has 0 amide bonds. The number of ether oxygens (including phenoxy) is 1. The zero-order chi connectivity index (χ0) is 13.2. The van der Waals surface area contributed by atoms with Gasteiger partial charge in [-0.05, 0) is 41.5 Å². The summed E-state index contributed by atoms with van der Waals surface area (Å²) in [6, 6.07) is 5.38. The van der Waals surface area contributed by atoms with Gasteiger partial charge in [0.25, 0.3) is 0 Å². The van der Waals surface area contributed by atoms with Gasteiger partial charge in [-0.1, -0.05) is 11.6 Å². The van der Waals surface area contributed by atoms with Crippen molar-refractivity contribution in [3.63, 3.8) is 0 Å². The van der Waals surface area contributed by atoms with E-state index >= 15 is 0 Å². The third-order valence-corrected chi connectivity index (χ3v) is 3.53. The van der Waals surface area contributed by atoms with Gasteiger partial charge in [-0.25, -0.2) is 4.68 Å². The Bertz CT molecular complexity index is 579. The van der Waals surface area contributed by atoms with E-state index in [4.69, 9.17) is 22.1 Å². The van der Waals surface area contributed by atoms with E-state index in [-0.39, 0.29) is 6.10 Å². The number of hydrogen-bond acceptors (Lipinski definition) is 5. The first kappa shape index (κ1) is 12.4. The van der Waals surface area contributed by atoms with Crippen LogP contribution < -0.4 is 5.73 Å². The first-order valence-corrected chi connectivity index (χ1v) is 6.55. The van der Waals surface area contributed by atoms with Crippen LogP contribution in [-0.4, -0.2) is 32.9 Å². The van der Waals surface area contributed by atoms with Gasteiger partial charge in [0, 0.05) is 12.2 Å². The zero-order valence-corrected chi connectivity index (χ0v) is 11.0. The van der Waals surface area contributed by atoms with E-state index in [1.165, 1.54) is 0 Å². The molecule has 6 nitrogen and oxygen atoms in total. The van der Waals surface area contributed by atoms with Crippen LogP contribution in [-0.2, 0) is 11.3 Å². The van der Waals surface area contributed by atoms with E-state index in [1.807, 2.05) is 6.07 Å². The van der Waals surface area contributed by atoms with Crippen LogP contribution >= 0.6 is 11.6 Å². The molecule has 0 spiro atoms. The number of nitrogens with zero attached hydrogens (tertiary/aromatic N) is 4. The molecule has 0 bridgehead atoms. The molecule has 1 aromatic carbocycles. The predicted octanol–water partition coefficient (Wildman–Crippen LogP) is 1.75. The minimum absolute atomic E-state index is 0.187. The fourth-order valence-corrected chi connectivity index (χ4v) is 2.32. The highest BCUT2D eigenvalue weighted by atomic mass is 35.5. The molecule has 3 rings (SSSR count). The largest absolute Gasteiger partial charge is 0.398 e. The topological polar surface area (TPSA) is 78.9 Å². The number of anilines is 1. The van der Waals surface area contributed by atoms with Crippen LogP contribution in [0.4, 0.5) is 5.69 Å². The van der Waals surface area contributed by atoms with E-state index in [2.05, 4.69) is 15.5 Å². The number of nitrogens with two attached hydrogens (primary N) is 1.